The summed E-state index contributed by atoms with van der Waals surface area (Å²) < 4.78 is 5.70. The van der Waals surface area contributed by atoms with Crippen molar-refractivity contribution in [3.8, 4) is 5.75 Å². The maximum atomic E-state index is 11.2. The average molecular weight is 262 g/mol. The standard InChI is InChI=1S/C14H18N2O3/c1-9-12(19-7-3-6-15-2)5-4-11-13(9)10(8-16-11)14(17)18/h4-5,8,15-16H,3,6-7H2,1-2H3,(H,17,18). The number of carboxylic acid groups (broad SMARTS) is 1. The molecule has 3 N–H and O–H groups in total. The lowest BCUT2D eigenvalue weighted by atomic mass is 10.1. The second kappa shape index (κ2) is 5.75. The predicted molar refractivity (Wildman–Crippen MR) is 74.0 cm³/mol. The molecule has 5 nitrogen and oxygen atoms in total. The van der Waals surface area contributed by atoms with Gasteiger partial charge in [0.2, 0.25) is 0 Å². The maximum Gasteiger partial charge on any atom is 0.337 e. The number of ether oxygens (including phenoxy) is 1. The number of carbonyl (C=O) groups is 1. The van der Waals surface area contributed by atoms with Crippen LogP contribution in [0.5, 0.6) is 5.75 Å². The Balaban J connectivity index is 2.28. The summed E-state index contributed by atoms with van der Waals surface area (Å²) >= 11 is 0. The summed E-state index contributed by atoms with van der Waals surface area (Å²) in [5.41, 5.74) is 1.96. The van der Waals surface area contributed by atoms with Gasteiger partial charge in [0.25, 0.3) is 0 Å². The molecular formula is C14H18N2O3. The minimum atomic E-state index is -0.929. The lowest BCUT2D eigenvalue weighted by molar-refractivity contribution is 0.0699. The van der Waals surface area contributed by atoms with E-state index < -0.39 is 5.97 Å². The fourth-order valence-corrected chi connectivity index (χ4v) is 2.14. The number of aryl methyl sites for hydroxylation is 1. The van der Waals surface area contributed by atoms with Crippen LogP contribution >= 0.6 is 0 Å². The van der Waals surface area contributed by atoms with Crippen molar-refractivity contribution in [3.63, 3.8) is 0 Å². The molecule has 1 aromatic carbocycles. The van der Waals surface area contributed by atoms with Crippen LogP contribution in [0.4, 0.5) is 0 Å². The van der Waals surface area contributed by atoms with Crippen molar-refractivity contribution < 1.29 is 14.6 Å². The van der Waals surface area contributed by atoms with Crippen molar-refractivity contribution in [2.45, 2.75) is 13.3 Å². The number of benzene rings is 1. The van der Waals surface area contributed by atoms with Crippen LogP contribution in [0.1, 0.15) is 22.3 Å². The Morgan fingerprint density at radius 2 is 2.26 bits per heavy atom. The third-order valence-electron chi connectivity index (χ3n) is 3.12. The van der Waals surface area contributed by atoms with Crippen LogP contribution in [0.15, 0.2) is 18.3 Å². The predicted octanol–water partition coefficient (Wildman–Crippen LogP) is 2.16. The van der Waals surface area contributed by atoms with E-state index >= 15 is 0 Å². The van der Waals surface area contributed by atoms with Crippen LogP contribution in [-0.2, 0) is 0 Å². The molecule has 102 valence electrons. The summed E-state index contributed by atoms with van der Waals surface area (Å²) in [6.45, 7) is 3.39. The topological polar surface area (TPSA) is 74.3 Å². The van der Waals surface area contributed by atoms with E-state index in [0.29, 0.717) is 6.61 Å². The minimum absolute atomic E-state index is 0.285. The molecule has 2 rings (SSSR count). The molecule has 1 heterocycles. The lowest BCUT2D eigenvalue weighted by Gasteiger charge is -2.10. The molecule has 0 spiro atoms. The Bertz CT molecular complexity index is 590. The number of aromatic nitrogens is 1. The molecule has 0 saturated carbocycles. The Hall–Kier alpha value is -2.01. The first-order chi connectivity index (χ1) is 9.15. The van der Waals surface area contributed by atoms with E-state index in [1.165, 1.54) is 6.20 Å². The van der Waals surface area contributed by atoms with Gasteiger partial charge in [0.15, 0.2) is 0 Å². The van der Waals surface area contributed by atoms with Crippen LogP contribution in [0.25, 0.3) is 10.9 Å². The first-order valence-corrected chi connectivity index (χ1v) is 6.26. The highest BCUT2D eigenvalue weighted by atomic mass is 16.5. The van der Waals surface area contributed by atoms with Crippen molar-refractivity contribution in [1.29, 1.82) is 0 Å². The molecule has 0 unspecified atom stereocenters. The largest absolute Gasteiger partial charge is 0.493 e. The second-order valence-corrected chi connectivity index (χ2v) is 4.42. The highest BCUT2D eigenvalue weighted by Gasteiger charge is 2.15. The monoisotopic (exact) mass is 262 g/mol. The summed E-state index contributed by atoms with van der Waals surface area (Å²) in [5.74, 6) is -0.188. The average Bonchev–Trinajstić information content (AvgIpc) is 2.82. The SMILES string of the molecule is CNCCCOc1ccc2[nH]cc(C(=O)O)c2c1C. The molecule has 0 bridgehead atoms. The third kappa shape index (κ3) is 2.71. The summed E-state index contributed by atoms with van der Waals surface area (Å²) in [6.07, 6.45) is 2.43. The molecule has 0 saturated heterocycles. The van der Waals surface area contributed by atoms with Gasteiger partial charge in [-0.3, -0.25) is 0 Å². The van der Waals surface area contributed by atoms with Gasteiger partial charge in [0, 0.05) is 22.7 Å². The van der Waals surface area contributed by atoms with Crippen LogP contribution in [0, 0.1) is 6.92 Å². The molecule has 0 amide bonds. The van der Waals surface area contributed by atoms with E-state index in [9.17, 15) is 4.79 Å². The number of carboxylic acids is 1. The number of rotatable bonds is 6. The van der Waals surface area contributed by atoms with Gasteiger partial charge in [0.1, 0.15) is 5.75 Å². The van der Waals surface area contributed by atoms with E-state index in [1.54, 1.807) is 0 Å². The molecule has 19 heavy (non-hydrogen) atoms. The Morgan fingerprint density at radius 1 is 1.47 bits per heavy atom. The smallest absolute Gasteiger partial charge is 0.337 e. The molecule has 0 aliphatic carbocycles. The van der Waals surface area contributed by atoms with Crippen LogP contribution in [0.2, 0.25) is 0 Å². The molecule has 1 aromatic heterocycles. The highest BCUT2D eigenvalue weighted by molar-refractivity contribution is 6.05. The van der Waals surface area contributed by atoms with Crippen molar-refractivity contribution in [2.24, 2.45) is 0 Å². The molecule has 0 aliphatic heterocycles. The third-order valence-corrected chi connectivity index (χ3v) is 3.12. The fourth-order valence-electron chi connectivity index (χ4n) is 2.14. The normalized spacial score (nSPS) is 10.8. The zero-order chi connectivity index (χ0) is 13.8. The first-order valence-electron chi connectivity index (χ1n) is 6.26. The fraction of sp³-hybridized carbons (Fsp3) is 0.357. The number of aromatic carboxylic acids is 1. The number of fused-ring (bicyclic) bond motifs is 1. The maximum absolute atomic E-state index is 11.2. The molecule has 0 atom stereocenters. The van der Waals surface area contributed by atoms with E-state index in [2.05, 4.69) is 10.3 Å². The Morgan fingerprint density at radius 3 is 2.95 bits per heavy atom. The van der Waals surface area contributed by atoms with Gasteiger partial charge in [-0.05, 0) is 39.1 Å². The number of nitrogens with one attached hydrogen (secondary N) is 2. The molecule has 2 aromatic rings. The molecular weight excluding hydrogens is 244 g/mol. The van der Waals surface area contributed by atoms with Crippen LogP contribution in [-0.4, -0.2) is 36.3 Å². The van der Waals surface area contributed by atoms with Crippen molar-refractivity contribution in [2.75, 3.05) is 20.2 Å². The quantitative estimate of drug-likeness (QED) is 0.697. The van der Waals surface area contributed by atoms with Crippen molar-refractivity contribution in [1.82, 2.24) is 10.3 Å². The van der Waals surface area contributed by atoms with Gasteiger partial charge in [0.05, 0.1) is 12.2 Å². The summed E-state index contributed by atoms with van der Waals surface area (Å²) in [6, 6.07) is 3.72. The summed E-state index contributed by atoms with van der Waals surface area (Å²) in [4.78, 5) is 14.1. The van der Waals surface area contributed by atoms with E-state index in [1.807, 2.05) is 26.1 Å². The second-order valence-electron chi connectivity index (χ2n) is 4.42. The van der Waals surface area contributed by atoms with E-state index in [-0.39, 0.29) is 5.56 Å². The Kier molecular flexibility index (Phi) is 4.06. The first kappa shape index (κ1) is 13.4. The van der Waals surface area contributed by atoms with Gasteiger partial charge in [-0.1, -0.05) is 0 Å². The summed E-state index contributed by atoms with van der Waals surface area (Å²) in [5, 5.41) is 12.9. The molecule has 0 fully saturated rings. The zero-order valence-electron chi connectivity index (χ0n) is 11.1. The van der Waals surface area contributed by atoms with Gasteiger partial charge < -0.3 is 20.1 Å². The van der Waals surface area contributed by atoms with Crippen molar-refractivity contribution in [3.05, 3.63) is 29.5 Å². The number of H-pyrrole nitrogens is 1. The lowest BCUT2D eigenvalue weighted by Crippen LogP contribution is -2.11. The van der Waals surface area contributed by atoms with Gasteiger partial charge in [-0.25, -0.2) is 4.79 Å². The number of hydrogen-bond donors (Lipinski definition) is 3. The summed E-state index contributed by atoms with van der Waals surface area (Å²) in [7, 11) is 1.90. The van der Waals surface area contributed by atoms with Gasteiger partial charge in [-0.15, -0.1) is 0 Å². The number of aromatic amines is 1. The van der Waals surface area contributed by atoms with E-state index in [0.717, 1.165) is 35.2 Å². The van der Waals surface area contributed by atoms with Gasteiger partial charge in [-0.2, -0.15) is 0 Å². The van der Waals surface area contributed by atoms with Gasteiger partial charge >= 0.3 is 5.97 Å². The van der Waals surface area contributed by atoms with Crippen LogP contribution in [0.3, 0.4) is 0 Å². The number of hydrogen-bond acceptors (Lipinski definition) is 3. The Labute approximate surface area is 111 Å². The molecule has 5 heteroatoms. The van der Waals surface area contributed by atoms with Crippen LogP contribution < -0.4 is 10.1 Å². The van der Waals surface area contributed by atoms with E-state index in [4.69, 9.17) is 9.84 Å². The highest BCUT2D eigenvalue weighted by Crippen LogP contribution is 2.29. The molecule has 0 aliphatic rings. The van der Waals surface area contributed by atoms with Crippen molar-refractivity contribution >= 4 is 16.9 Å². The zero-order valence-corrected chi connectivity index (χ0v) is 11.1. The molecule has 0 radical (unpaired) electrons. The minimum Gasteiger partial charge on any atom is -0.493 e.